The maximum atomic E-state index is 12.9. The van der Waals surface area contributed by atoms with E-state index in [1.165, 1.54) is 0 Å². The van der Waals surface area contributed by atoms with Crippen LogP contribution in [0.15, 0.2) is 18.2 Å². The van der Waals surface area contributed by atoms with Crippen molar-refractivity contribution in [3.05, 3.63) is 35.0 Å². The summed E-state index contributed by atoms with van der Waals surface area (Å²) in [6, 6.07) is 4.94. The van der Waals surface area contributed by atoms with Crippen molar-refractivity contribution in [1.82, 2.24) is 15.2 Å². The van der Waals surface area contributed by atoms with Crippen LogP contribution in [-0.4, -0.2) is 47.4 Å². The highest BCUT2D eigenvalue weighted by atomic mass is 16.2. The molecular formula is C17H22N4O2. The fourth-order valence-corrected chi connectivity index (χ4v) is 3.27. The second-order valence-electron chi connectivity index (χ2n) is 6.22. The molecule has 6 heteroatoms. The number of aromatic amines is 1. The molecule has 0 unspecified atom stereocenters. The monoisotopic (exact) mass is 314 g/mol. The molecule has 1 aromatic carbocycles. The van der Waals surface area contributed by atoms with Crippen molar-refractivity contribution >= 4 is 22.7 Å². The molecule has 2 amide bonds. The molecule has 122 valence electrons. The molecule has 0 spiro atoms. The van der Waals surface area contributed by atoms with Crippen LogP contribution in [0, 0.1) is 13.8 Å². The fraction of sp³-hybridized carbons (Fsp3) is 0.412. The molecule has 3 rings (SSSR count). The van der Waals surface area contributed by atoms with Gasteiger partial charge in [-0.2, -0.15) is 0 Å². The lowest BCUT2D eigenvalue weighted by molar-refractivity contribution is -0.124. The number of rotatable bonds is 2. The van der Waals surface area contributed by atoms with Crippen molar-refractivity contribution < 1.29 is 9.59 Å². The Kier molecular flexibility index (Phi) is 3.85. The Morgan fingerprint density at radius 1 is 1.35 bits per heavy atom. The topological polar surface area (TPSA) is 91.2 Å². The molecule has 0 saturated carbocycles. The van der Waals surface area contributed by atoms with E-state index in [1.807, 2.05) is 26.0 Å². The first-order valence-electron chi connectivity index (χ1n) is 7.79. The molecule has 0 radical (unpaired) electrons. The Morgan fingerprint density at radius 3 is 2.78 bits per heavy atom. The lowest BCUT2D eigenvalue weighted by Gasteiger charge is -2.23. The van der Waals surface area contributed by atoms with E-state index >= 15 is 0 Å². The Labute approximate surface area is 135 Å². The second kappa shape index (κ2) is 5.70. The highest BCUT2D eigenvalue weighted by molar-refractivity contribution is 6.01. The molecule has 23 heavy (non-hydrogen) atoms. The van der Waals surface area contributed by atoms with Crippen molar-refractivity contribution in [2.75, 3.05) is 13.6 Å². The van der Waals surface area contributed by atoms with Gasteiger partial charge in [-0.15, -0.1) is 0 Å². The minimum atomic E-state index is -0.493. The van der Waals surface area contributed by atoms with Crippen LogP contribution < -0.4 is 11.1 Å². The maximum absolute atomic E-state index is 12.9. The number of hydrogen-bond donors (Lipinski definition) is 3. The lowest BCUT2D eigenvalue weighted by atomic mass is 10.1. The van der Waals surface area contributed by atoms with Crippen LogP contribution in [0.2, 0.25) is 0 Å². The minimum Gasteiger partial charge on any atom is -0.358 e. The molecule has 1 fully saturated rings. The van der Waals surface area contributed by atoms with E-state index in [1.54, 1.807) is 18.0 Å². The number of amides is 2. The summed E-state index contributed by atoms with van der Waals surface area (Å²) in [5, 5.41) is 3.65. The zero-order chi connectivity index (χ0) is 16.7. The average molecular weight is 314 g/mol. The number of H-pyrrole nitrogens is 1. The van der Waals surface area contributed by atoms with E-state index < -0.39 is 6.04 Å². The van der Waals surface area contributed by atoms with Crippen molar-refractivity contribution in [2.24, 2.45) is 5.73 Å². The van der Waals surface area contributed by atoms with Crippen LogP contribution >= 0.6 is 0 Å². The smallest absolute Gasteiger partial charge is 0.254 e. The molecule has 0 bridgehead atoms. The normalized spacial score (nSPS) is 21.0. The fourth-order valence-electron chi connectivity index (χ4n) is 3.27. The summed E-state index contributed by atoms with van der Waals surface area (Å²) < 4.78 is 0. The van der Waals surface area contributed by atoms with Crippen molar-refractivity contribution in [1.29, 1.82) is 0 Å². The molecule has 1 aliphatic rings. The van der Waals surface area contributed by atoms with Crippen molar-refractivity contribution in [3.8, 4) is 0 Å². The van der Waals surface area contributed by atoms with E-state index in [-0.39, 0.29) is 17.9 Å². The number of carbonyl (C=O) groups excluding carboxylic acids is 2. The summed E-state index contributed by atoms with van der Waals surface area (Å²) in [4.78, 5) is 29.8. The van der Waals surface area contributed by atoms with Gasteiger partial charge < -0.3 is 20.9 Å². The minimum absolute atomic E-state index is 0.147. The number of fused-ring (bicyclic) bond motifs is 1. The molecule has 1 aliphatic heterocycles. The van der Waals surface area contributed by atoms with Crippen LogP contribution in [-0.2, 0) is 4.79 Å². The Balaban J connectivity index is 1.95. The van der Waals surface area contributed by atoms with Crippen LogP contribution in [0.4, 0.5) is 0 Å². The molecule has 0 aliphatic carbocycles. The van der Waals surface area contributed by atoms with E-state index in [0.29, 0.717) is 18.5 Å². The molecule has 6 nitrogen and oxygen atoms in total. The van der Waals surface area contributed by atoms with Crippen LogP contribution in [0.25, 0.3) is 10.9 Å². The molecule has 2 atom stereocenters. The molecular weight excluding hydrogens is 292 g/mol. The summed E-state index contributed by atoms with van der Waals surface area (Å²) in [5.41, 5.74) is 9.79. The van der Waals surface area contributed by atoms with Gasteiger partial charge >= 0.3 is 0 Å². The number of nitrogens with two attached hydrogens (primary N) is 1. The summed E-state index contributed by atoms with van der Waals surface area (Å²) in [6.45, 7) is 4.44. The Hall–Kier alpha value is -2.34. The highest BCUT2D eigenvalue weighted by Crippen LogP contribution is 2.25. The number of carbonyl (C=O) groups is 2. The molecule has 4 N–H and O–H groups in total. The zero-order valence-electron chi connectivity index (χ0n) is 13.6. The zero-order valence-corrected chi connectivity index (χ0v) is 13.6. The SMILES string of the molecule is CNC(=O)[C@@H]1C[C@H](N)CN1C(=O)c1ccc2[nH]c(C)c(C)c2c1. The van der Waals surface area contributed by atoms with Crippen LogP contribution in [0.5, 0.6) is 0 Å². The third-order valence-electron chi connectivity index (χ3n) is 4.70. The third-order valence-corrected chi connectivity index (χ3v) is 4.70. The first-order chi connectivity index (χ1) is 10.9. The number of likely N-dealkylation sites (tertiary alicyclic amines) is 1. The molecule has 2 heterocycles. The number of aromatic nitrogens is 1. The van der Waals surface area contributed by atoms with Crippen LogP contribution in [0.3, 0.4) is 0 Å². The van der Waals surface area contributed by atoms with Gasteiger partial charge in [0, 0.05) is 41.8 Å². The van der Waals surface area contributed by atoms with Gasteiger partial charge in [-0.25, -0.2) is 0 Å². The third kappa shape index (κ3) is 2.59. The summed E-state index contributed by atoms with van der Waals surface area (Å²) in [7, 11) is 1.58. The quantitative estimate of drug-likeness (QED) is 0.774. The first kappa shape index (κ1) is 15.6. The van der Waals surface area contributed by atoms with E-state index in [0.717, 1.165) is 22.2 Å². The molecule has 2 aromatic rings. The van der Waals surface area contributed by atoms with E-state index in [2.05, 4.69) is 10.3 Å². The number of hydrogen-bond acceptors (Lipinski definition) is 3. The largest absolute Gasteiger partial charge is 0.358 e. The van der Waals surface area contributed by atoms with Gasteiger partial charge in [-0.1, -0.05) is 0 Å². The van der Waals surface area contributed by atoms with Gasteiger partial charge in [0.15, 0.2) is 0 Å². The highest BCUT2D eigenvalue weighted by Gasteiger charge is 2.38. The van der Waals surface area contributed by atoms with Gasteiger partial charge in [-0.05, 0) is 44.0 Å². The van der Waals surface area contributed by atoms with Gasteiger partial charge in [0.1, 0.15) is 6.04 Å². The predicted molar refractivity (Wildman–Crippen MR) is 89.3 cm³/mol. The maximum Gasteiger partial charge on any atom is 0.254 e. The van der Waals surface area contributed by atoms with Gasteiger partial charge in [0.2, 0.25) is 5.91 Å². The number of nitrogens with one attached hydrogen (secondary N) is 2. The molecule has 1 saturated heterocycles. The van der Waals surface area contributed by atoms with E-state index in [4.69, 9.17) is 5.73 Å². The van der Waals surface area contributed by atoms with E-state index in [9.17, 15) is 9.59 Å². The Morgan fingerprint density at radius 2 is 2.09 bits per heavy atom. The standard InChI is InChI=1S/C17H22N4O2/c1-9-10(2)20-14-5-4-11(6-13(9)14)17(23)21-8-12(18)7-15(21)16(22)19-3/h4-6,12,15,20H,7-8,18H2,1-3H3,(H,19,22)/t12-,15-/m0/s1. The summed E-state index contributed by atoms with van der Waals surface area (Å²) in [5.74, 6) is -0.312. The lowest BCUT2D eigenvalue weighted by Crippen LogP contribution is -2.45. The predicted octanol–water partition coefficient (Wildman–Crippen LogP) is 1.07. The molecule has 1 aromatic heterocycles. The van der Waals surface area contributed by atoms with Crippen molar-refractivity contribution in [2.45, 2.75) is 32.4 Å². The van der Waals surface area contributed by atoms with Gasteiger partial charge in [0.05, 0.1) is 0 Å². The first-order valence-corrected chi connectivity index (χ1v) is 7.79. The van der Waals surface area contributed by atoms with Gasteiger partial charge in [-0.3, -0.25) is 9.59 Å². The second-order valence-corrected chi connectivity index (χ2v) is 6.22. The number of benzene rings is 1. The van der Waals surface area contributed by atoms with Gasteiger partial charge in [0.25, 0.3) is 5.91 Å². The number of nitrogens with zero attached hydrogens (tertiary/aromatic N) is 1. The number of aryl methyl sites for hydroxylation is 2. The Bertz CT molecular complexity index is 780. The summed E-state index contributed by atoms with van der Waals surface area (Å²) >= 11 is 0. The van der Waals surface area contributed by atoms with Crippen LogP contribution in [0.1, 0.15) is 28.0 Å². The van der Waals surface area contributed by atoms with Crippen molar-refractivity contribution in [3.63, 3.8) is 0 Å². The average Bonchev–Trinajstić information content (AvgIpc) is 3.06. The summed E-state index contributed by atoms with van der Waals surface area (Å²) in [6.07, 6.45) is 0.496. The number of likely N-dealkylation sites (N-methyl/N-ethyl adjacent to an activating group) is 1.